The predicted octanol–water partition coefficient (Wildman–Crippen LogP) is 2.47. The van der Waals surface area contributed by atoms with Crippen molar-refractivity contribution in [3.05, 3.63) is 34.9 Å². The second kappa shape index (κ2) is 8.19. The summed E-state index contributed by atoms with van der Waals surface area (Å²) in [6, 6.07) is 7.98. The number of hydrogen-bond acceptors (Lipinski definition) is 3. The number of fused-ring (bicyclic) bond motifs is 1. The zero-order valence-corrected chi connectivity index (χ0v) is 16.5. The first-order valence-corrected chi connectivity index (χ1v) is 10.6. The van der Waals surface area contributed by atoms with Gasteiger partial charge < -0.3 is 15.1 Å². The van der Waals surface area contributed by atoms with Gasteiger partial charge in [0.25, 0.3) is 0 Å². The molecule has 27 heavy (non-hydrogen) atoms. The predicted molar refractivity (Wildman–Crippen MR) is 106 cm³/mol. The highest BCUT2D eigenvalue weighted by Crippen LogP contribution is 2.33. The number of piperazine rings is 1. The molecule has 1 aromatic carbocycles. The molecule has 0 radical (unpaired) electrons. The van der Waals surface area contributed by atoms with Crippen LogP contribution in [0.2, 0.25) is 5.02 Å². The second-order valence-corrected chi connectivity index (χ2v) is 8.49. The van der Waals surface area contributed by atoms with Crippen LogP contribution in [0, 0.1) is 5.92 Å². The van der Waals surface area contributed by atoms with Crippen LogP contribution in [-0.4, -0.2) is 59.9 Å². The number of halogens is 1. The fourth-order valence-corrected chi connectivity index (χ4v) is 5.03. The quantitative estimate of drug-likeness (QED) is 0.864. The lowest BCUT2D eigenvalue weighted by molar-refractivity contribution is -0.140. The van der Waals surface area contributed by atoms with Gasteiger partial charge in [-0.2, -0.15) is 0 Å². The molecule has 2 amide bonds. The summed E-state index contributed by atoms with van der Waals surface area (Å²) in [5.74, 6) is 0.981. The molecule has 3 unspecified atom stereocenters. The lowest BCUT2D eigenvalue weighted by Gasteiger charge is -2.36. The molecule has 1 aliphatic carbocycles. The van der Waals surface area contributed by atoms with E-state index in [9.17, 15) is 9.59 Å². The molecule has 1 aromatic rings. The molecule has 0 bridgehead atoms. The second-order valence-electron chi connectivity index (χ2n) is 8.08. The van der Waals surface area contributed by atoms with Gasteiger partial charge in [0.05, 0.1) is 12.5 Å². The number of nitrogens with one attached hydrogen (secondary N) is 1. The minimum atomic E-state index is -0.0246. The maximum atomic E-state index is 12.9. The molecule has 0 spiro atoms. The van der Waals surface area contributed by atoms with Crippen LogP contribution >= 0.6 is 11.6 Å². The minimum absolute atomic E-state index is 0.0246. The van der Waals surface area contributed by atoms with Crippen LogP contribution < -0.4 is 5.32 Å². The molecule has 146 valence electrons. The van der Waals surface area contributed by atoms with Gasteiger partial charge in [-0.15, -0.1) is 0 Å². The molecule has 2 saturated heterocycles. The van der Waals surface area contributed by atoms with Crippen LogP contribution in [0.1, 0.15) is 37.7 Å². The van der Waals surface area contributed by atoms with Crippen molar-refractivity contribution in [2.75, 3.05) is 26.2 Å². The summed E-state index contributed by atoms with van der Waals surface area (Å²) < 4.78 is 0. The molecular weight excluding hydrogens is 362 g/mol. The van der Waals surface area contributed by atoms with Crippen molar-refractivity contribution in [1.29, 1.82) is 0 Å². The third kappa shape index (κ3) is 4.14. The normalized spacial score (nSPS) is 28.1. The number of amides is 2. The van der Waals surface area contributed by atoms with Crippen LogP contribution in [0.15, 0.2) is 24.3 Å². The Kier molecular flexibility index (Phi) is 5.69. The SMILES string of the molecule is O=C(Cc1ccccc1Cl)N1CCN(C(=O)C2CC3CCCCC3N2)CC1. The molecule has 2 aliphatic heterocycles. The summed E-state index contributed by atoms with van der Waals surface area (Å²) in [4.78, 5) is 29.3. The van der Waals surface area contributed by atoms with Gasteiger partial charge in [-0.1, -0.05) is 42.6 Å². The lowest BCUT2D eigenvalue weighted by atomic mass is 9.85. The maximum absolute atomic E-state index is 12.9. The number of hydrogen-bond donors (Lipinski definition) is 1. The van der Waals surface area contributed by atoms with Crippen molar-refractivity contribution < 1.29 is 9.59 Å². The zero-order valence-electron chi connectivity index (χ0n) is 15.7. The van der Waals surface area contributed by atoms with Crippen LogP contribution in [0.3, 0.4) is 0 Å². The van der Waals surface area contributed by atoms with E-state index in [-0.39, 0.29) is 17.9 Å². The molecule has 5 nitrogen and oxygen atoms in total. The van der Waals surface area contributed by atoms with E-state index in [1.54, 1.807) is 0 Å². The van der Waals surface area contributed by atoms with Gasteiger partial charge in [0.15, 0.2) is 0 Å². The van der Waals surface area contributed by atoms with Gasteiger partial charge in [0.1, 0.15) is 0 Å². The zero-order chi connectivity index (χ0) is 18.8. The average Bonchev–Trinajstić information content (AvgIpc) is 3.13. The minimum Gasteiger partial charge on any atom is -0.339 e. The van der Waals surface area contributed by atoms with Crippen molar-refractivity contribution in [1.82, 2.24) is 15.1 Å². The number of rotatable bonds is 3. The molecule has 2 heterocycles. The number of carbonyl (C=O) groups is 2. The molecule has 4 rings (SSSR count). The Morgan fingerprint density at radius 3 is 2.48 bits per heavy atom. The summed E-state index contributed by atoms with van der Waals surface area (Å²) in [6.07, 6.45) is 6.35. The van der Waals surface area contributed by atoms with Crippen molar-refractivity contribution in [2.45, 2.75) is 50.6 Å². The van der Waals surface area contributed by atoms with Crippen LogP contribution in [0.4, 0.5) is 0 Å². The summed E-state index contributed by atoms with van der Waals surface area (Å²) >= 11 is 6.17. The molecule has 1 saturated carbocycles. The van der Waals surface area contributed by atoms with Gasteiger partial charge in [0.2, 0.25) is 11.8 Å². The van der Waals surface area contributed by atoms with E-state index >= 15 is 0 Å². The van der Waals surface area contributed by atoms with Crippen molar-refractivity contribution in [2.24, 2.45) is 5.92 Å². The van der Waals surface area contributed by atoms with Crippen LogP contribution in [-0.2, 0) is 16.0 Å². The largest absolute Gasteiger partial charge is 0.339 e. The molecule has 6 heteroatoms. The van der Waals surface area contributed by atoms with Crippen molar-refractivity contribution >= 4 is 23.4 Å². The first kappa shape index (κ1) is 18.8. The van der Waals surface area contributed by atoms with E-state index in [0.29, 0.717) is 49.6 Å². The Labute approximate surface area is 166 Å². The molecule has 3 aliphatic rings. The lowest BCUT2D eigenvalue weighted by Crippen LogP contribution is -2.54. The highest BCUT2D eigenvalue weighted by Gasteiger charge is 2.40. The fourth-order valence-electron chi connectivity index (χ4n) is 4.82. The van der Waals surface area contributed by atoms with Crippen molar-refractivity contribution in [3.8, 4) is 0 Å². The van der Waals surface area contributed by atoms with Crippen molar-refractivity contribution in [3.63, 3.8) is 0 Å². The smallest absolute Gasteiger partial charge is 0.239 e. The Bertz CT molecular complexity index is 688. The standard InChI is InChI=1S/C21H28ClN3O2/c22-17-7-3-1-5-15(17)14-20(26)24-9-11-25(12-10-24)21(27)19-13-16-6-2-4-8-18(16)23-19/h1,3,5,7,16,18-19,23H,2,4,6,8-14H2. The van der Waals surface area contributed by atoms with E-state index in [1.165, 1.54) is 25.7 Å². The van der Waals surface area contributed by atoms with E-state index in [0.717, 1.165) is 12.0 Å². The van der Waals surface area contributed by atoms with Crippen LogP contribution in [0.5, 0.6) is 0 Å². The molecule has 0 aromatic heterocycles. The number of carbonyl (C=O) groups excluding carboxylic acids is 2. The Morgan fingerprint density at radius 1 is 1.04 bits per heavy atom. The van der Waals surface area contributed by atoms with E-state index < -0.39 is 0 Å². The summed E-state index contributed by atoms with van der Waals surface area (Å²) in [6.45, 7) is 2.46. The fraction of sp³-hybridized carbons (Fsp3) is 0.619. The Morgan fingerprint density at radius 2 is 1.74 bits per heavy atom. The van der Waals surface area contributed by atoms with Gasteiger partial charge in [0, 0.05) is 37.2 Å². The van der Waals surface area contributed by atoms with E-state index in [4.69, 9.17) is 11.6 Å². The Balaban J connectivity index is 1.28. The van der Waals surface area contributed by atoms with Gasteiger partial charge >= 0.3 is 0 Å². The average molecular weight is 390 g/mol. The highest BCUT2D eigenvalue weighted by molar-refractivity contribution is 6.31. The van der Waals surface area contributed by atoms with E-state index in [2.05, 4.69) is 5.32 Å². The first-order valence-electron chi connectivity index (χ1n) is 10.2. The molecule has 3 fully saturated rings. The summed E-state index contributed by atoms with van der Waals surface area (Å²) in [5.41, 5.74) is 0.862. The third-order valence-electron chi connectivity index (χ3n) is 6.40. The highest BCUT2D eigenvalue weighted by atomic mass is 35.5. The topological polar surface area (TPSA) is 52.7 Å². The van der Waals surface area contributed by atoms with E-state index in [1.807, 2.05) is 34.1 Å². The monoisotopic (exact) mass is 389 g/mol. The van der Waals surface area contributed by atoms with Gasteiger partial charge in [-0.05, 0) is 36.8 Å². The molecular formula is C21H28ClN3O2. The number of nitrogens with zero attached hydrogens (tertiary/aromatic N) is 2. The third-order valence-corrected chi connectivity index (χ3v) is 6.77. The van der Waals surface area contributed by atoms with Gasteiger partial charge in [-0.25, -0.2) is 0 Å². The first-order chi connectivity index (χ1) is 13.1. The summed E-state index contributed by atoms with van der Waals surface area (Å²) in [5, 5.41) is 4.21. The van der Waals surface area contributed by atoms with Gasteiger partial charge in [-0.3, -0.25) is 9.59 Å². The molecule has 1 N–H and O–H groups in total. The molecule has 3 atom stereocenters. The van der Waals surface area contributed by atoms with Crippen LogP contribution in [0.25, 0.3) is 0 Å². The summed E-state index contributed by atoms with van der Waals surface area (Å²) in [7, 11) is 0. The Hall–Kier alpha value is -1.59. The number of benzene rings is 1. The maximum Gasteiger partial charge on any atom is 0.239 e.